The Morgan fingerprint density at radius 3 is 2.16 bits per heavy atom. The number of nitriles is 1. The second kappa shape index (κ2) is 7.60. The smallest absolute Gasteiger partial charge is 0.263 e. The lowest BCUT2D eigenvalue weighted by Gasteiger charge is -2.10. The van der Waals surface area contributed by atoms with E-state index in [4.69, 9.17) is 5.26 Å². The molecule has 1 aromatic heterocycles. The summed E-state index contributed by atoms with van der Waals surface area (Å²) in [4.78, 5) is 3.69. The van der Waals surface area contributed by atoms with Crippen molar-refractivity contribution in [1.82, 2.24) is 9.71 Å². The zero-order chi connectivity index (χ0) is 18.5. The van der Waals surface area contributed by atoms with Crippen LogP contribution in [0.5, 0.6) is 0 Å². The highest BCUT2D eigenvalue weighted by Gasteiger charge is 2.18. The lowest BCUT2D eigenvalue weighted by molar-refractivity contribution is 0.572. The molecule has 0 fully saturated rings. The third-order valence-electron chi connectivity index (χ3n) is 3.15. The molecule has 0 bridgehead atoms. The molecule has 8 nitrogen and oxygen atoms in total. The van der Waals surface area contributed by atoms with Crippen LogP contribution >= 0.6 is 0 Å². The van der Waals surface area contributed by atoms with Crippen molar-refractivity contribution in [3.8, 4) is 6.07 Å². The fourth-order valence-corrected chi connectivity index (χ4v) is 3.92. The molecule has 0 radical (unpaired) electrons. The number of rotatable bonds is 7. The van der Waals surface area contributed by atoms with Crippen molar-refractivity contribution < 1.29 is 16.8 Å². The first kappa shape index (κ1) is 18.9. The van der Waals surface area contributed by atoms with Gasteiger partial charge in [0.2, 0.25) is 10.0 Å². The molecule has 0 aliphatic rings. The van der Waals surface area contributed by atoms with Crippen molar-refractivity contribution in [1.29, 1.82) is 5.26 Å². The van der Waals surface area contributed by atoms with Crippen molar-refractivity contribution in [2.75, 3.05) is 11.3 Å². The number of hydrogen-bond acceptors (Lipinski definition) is 6. The molecule has 0 aliphatic heterocycles. The SMILES string of the molecule is CC(C#N)CNS(=O)(=O)c1ccc(S(=O)(=O)Nc2ccccn2)cc1. The van der Waals surface area contributed by atoms with Gasteiger partial charge in [-0.3, -0.25) is 4.72 Å². The summed E-state index contributed by atoms with van der Waals surface area (Å²) in [6, 6.07) is 11.5. The first-order valence-corrected chi connectivity index (χ1v) is 10.1. The third kappa shape index (κ3) is 4.99. The summed E-state index contributed by atoms with van der Waals surface area (Å²) in [5, 5.41) is 8.69. The number of pyridine rings is 1. The molecular weight excluding hydrogens is 364 g/mol. The van der Waals surface area contributed by atoms with Crippen LogP contribution in [0.4, 0.5) is 5.82 Å². The predicted molar refractivity (Wildman–Crippen MR) is 91.5 cm³/mol. The minimum absolute atomic E-state index is 0.0277. The van der Waals surface area contributed by atoms with E-state index in [0.717, 1.165) is 0 Å². The van der Waals surface area contributed by atoms with Gasteiger partial charge in [0.15, 0.2) is 0 Å². The molecule has 0 saturated carbocycles. The second-order valence-corrected chi connectivity index (χ2v) is 8.62. The molecule has 0 spiro atoms. The molecule has 2 N–H and O–H groups in total. The van der Waals surface area contributed by atoms with Gasteiger partial charge in [-0.1, -0.05) is 6.07 Å². The van der Waals surface area contributed by atoms with Crippen LogP contribution in [0.15, 0.2) is 58.5 Å². The molecule has 10 heteroatoms. The van der Waals surface area contributed by atoms with Crippen LogP contribution in [0.2, 0.25) is 0 Å². The first-order valence-electron chi connectivity index (χ1n) is 7.18. The third-order valence-corrected chi connectivity index (χ3v) is 5.96. The molecule has 0 amide bonds. The van der Waals surface area contributed by atoms with Crippen molar-refractivity contribution in [3.63, 3.8) is 0 Å². The molecule has 1 unspecified atom stereocenters. The molecule has 0 aliphatic carbocycles. The van der Waals surface area contributed by atoms with Gasteiger partial charge in [0.05, 0.1) is 21.8 Å². The van der Waals surface area contributed by atoms with E-state index in [1.165, 1.54) is 36.5 Å². The van der Waals surface area contributed by atoms with Crippen molar-refractivity contribution in [2.24, 2.45) is 5.92 Å². The largest absolute Gasteiger partial charge is 0.263 e. The van der Waals surface area contributed by atoms with E-state index in [1.54, 1.807) is 19.1 Å². The summed E-state index contributed by atoms with van der Waals surface area (Å²) in [7, 11) is -7.69. The molecule has 1 aromatic carbocycles. The van der Waals surface area contributed by atoms with Crippen LogP contribution in [-0.2, 0) is 20.0 Å². The minimum Gasteiger partial charge on any atom is -0.263 e. The Bertz CT molecular complexity index is 966. The van der Waals surface area contributed by atoms with Crippen molar-refractivity contribution in [3.05, 3.63) is 48.7 Å². The maximum absolute atomic E-state index is 12.3. The molecule has 1 heterocycles. The zero-order valence-electron chi connectivity index (χ0n) is 13.2. The highest BCUT2D eigenvalue weighted by Crippen LogP contribution is 2.17. The van der Waals surface area contributed by atoms with Gasteiger partial charge < -0.3 is 0 Å². The minimum atomic E-state index is -3.88. The molecule has 25 heavy (non-hydrogen) atoms. The van der Waals surface area contributed by atoms with Crippen molar-refractivity contribution in [2.45, 2.75) is 16.7 Å². The maximum atomic E-state index is 12.3. The Morgan fingerprint density at radius 1 is 1.04 bits per heavy atom. The summed E-state index contributed by atoms with van der Waals surface area (Å²) in [6.07, 6.45) is 1.45. The number of nitrogens with one attached hydrogen (secondary N) is 2. The van der Waals surface area contributed by atoms with E-state index in [9.17, 15) is 16.8 Å². The van der Waals surface area contributed by atoms with Crippen LogP contribution in [0, 0.1) is 17.2 Å². The summed E-state index contributed by atoms with van der Waals surface area (Å²) in [5.74, 6) is -0.316. The van der Waals surface area contributed by atoms with Gasteiger partial charge in [-0.05, 0) is 43.3 Å². The van der Waals surface area contributed by atoms with Crippen LogP contribution in [0.3, 0.4) is 0 Å². The number of benzene rings is 1. The second-order valence-electron chi connectivity index (χ2n) is 5.17. The van der Waals surface area contributed by atoms with Crippen LogP contribution in [0.1, 0.15) is 6.92 Å². The van der Waals surface area contributed by atoms with E-state index in [2.05, 4.69) is 14.4 Å². The van der Waals surface area contributed by atoms with Crippen LogP contribution < -0.4 is 9.44 Å². The van der Waals surface area contributed by atoms with E-state index < -0.39 is 26.0 Å². The Labute approximate surface area is 146 Å². The lowest BCUT2D eigenvalue weighted by atomic mass is 10.2. The van der Waals surface area contributed by atoms with E-state index >= 15 is 0 Å². The highest BCUT2D eigenvalue weighted by atomic mass is 32.2. The van der Waals surface area contributed by atoms with E-state index in [0.29, 0.717) is 0 Å². The molecular formula is C15H16N4O4S2. The first-order chi connectivity index (χ1) is 11.7. The van der Waals surface area contributed by atoms with Gasteiger partial charge >= 0.3 is 0 Å². The Balaban J connectivity index is 2.17. The van der Waals surface area contributed by atoms with Gasteiger partial charge in [-0.2, -0.15) is 5.26 Å². The average Bonchev–Trinajstić information content (AvgIpc) is 2.60. The van der Waals surface area contributed by atoms with Gasteiger partial charge in [-0.15, -0.1) is 0 Å². The topological polar surface area (TPSA) is 129 Å². The number of nitrogens with zero attached hydrogens (tertiary/aromatic N) is 2. The number of anilines is 1. The Hall–Kier alpha value is -2.48. The normalized spacial score (nSPS) is 13.0. The quantitative estimate of drug-likeness (QED) is 0.745. The fraction of sp³-hybridized carbons (Fsp3) is 0.200. The van der Waals surface area contributed by atoms with Gasteiger partial charge in [0.25, 0.3) is 10.0 Å². The highest BCUT2D eigenvalue weighted by molar-refractivity contribution is 7.92. The monoisotopic (exact) mass is 380 g/mol. The average molecular weight is 380 g/mol. The lowest BCUT2D eigenvalue weighted by Crippen LogP contribution is -2.28. The molecule has 1 atom stereocenters. The zero-order valence-corrected chi connectivity index (χ0v) is 14.9. The van der Waals surface area contributed by atoms with Crippen LogP contribution in [0.25, 0.3) is 0 Å². The molecule has 2 rings (SSSR count). The number of aromatic nitrogens is 1. The fourth-order valence-electron chi connectivity index (χ4n) is 1.78. The number of hydrogen-bond donors (Lipinski definition) is 2. The Kier molecular flexibility index (Phi) is 5.73. The van der Waals surface area contributed by atoms with Gasteiger partial charge in [0.1, 0.15) is 5.82 Å². The van der Waals surface area contributed by atoms with E-state index in [-0.39, 0.29) is 22.2 Å². The summed E-state index contributed by atoms with van der Waals surface area (Å²) in [6.45, 7) is 1.56. The van der Waals surface area contributed by atoms with Crippen LogP contribution in [-0.4, -0.2) is 28.4 Å². The predicted octanol–water partition coefficient (Wildman–Crippen LogP) is 1.32. The Morgan fingerprint density at radius 2 is 1.64 bits per heavy atom. The van der Waals surface area contributed by atoms with Gasteiger partial charge in [0, 0.05) is 12.7 Å². The van der Waals surface area contributed by atoms with Crippen molar-refractivity contribution >= 4 is 25.9 Å². The standard InChI is InChI=1S/C15H16N4O4S2/c1-12(10-16)11-18-24(20,21)13-5-7-14(8-6-13)25(22,23)19-15-4-2-3-9-17-15/h2-9,12,18H,11H2,1H3,(H,17,19). The maximum Gasteiger partial charge on any atom is 0.263 e. The van der Waals surface area contributed by atoms with E-state index in [1.807, 2.05) is 6.07 Å². The van der Waals surface area contributed by atoms with Gasteiger partial charge in [-0.25, -0.2) is 26.5 Å². The molecule has 2 aromatic rings. The summed E-state index contributed by atoms with van der Waals surface area (Å²) < 4.78 is 53.3. The summed E-state index contributed by atoms with van der Waals surface area (Å²) >= 11 is 0. The number of sulfonamides is 2. The molecule has 0 saturated heterocycles. The summed E-state index contributed by atoms with van der Waals surface area (Å²) in [5.41, 5.74) is 0. The molecule has 132 valence electrons.